The number of carbonyl (C=O) groups is 2. The summed E-state index contributed by atoms with van der Waals surface area (Å²) in [6, 6.07) is 16.9. The van der Waals surface area contributed by atoms with Crippen LogP contribution in [0.5, 0.6) is 0 Å². The van der Waals surface area contributed by atoms with Crippen LogP contribution in [0.15, 0.2) is 66.9 Å². The molecule has 2 heterocycles. The molecule has 0 unspecified atom stereocenters. The fraction of sp³-hybridized carbons (Fsp3) is 0.174. The largest absolute Gasteiger partial charge is 0.452 e. The van der Waals surface area contributed by atoms with Gasteiger partial charge in [-0.3, -0.25) is 4.79 Å². The van der Waals surface area contributed by atoms with E-state index in [9.17, 15) is 14.0 Å². The van der Waals surface area contributed by atoms with Crippen molar-refractivity contribution in [2.75, 3.05) is 23.4 Å². The highest BCUT2D eigenvalue weighted by molar-refractivity contribution is 5.99. The number of para-hydroxylation sites is 2. The monoisotopic (exact) mass is 405 g/mol. The number of anilines is 3. The van der Waals surface area contributed by atoms with Crippen molar-refractivity contribution in [3.8, 4) is 0 Å². The molecule has 1 aliphatic rings. The topological polar surface area (TPSA) is 71.5 Å². The molecule has 0 saturated carbocycles. The molecular formula is C23H20FN3O3. The van der Waals surface area contributed by atoms with Gasteiger partial charge in [0.15, 0.2) is 6.61 Å². The third kappa shape index (κ3) is 4.15. The number of aryl methyl sites for hydroxylation is 1. The molecule has 4 rings (SSSR count). The van der Waals surface area contributed by atoms with Crippen molar-refractivity contribution >= 4 is 29.1 Å². The minimum Gasteiger partial charge on any atom is -0.452 e. The van der Waals surface area contributed by atoms with E-state index < -0.39 is 11.8 Å². The summed E-state index contributed by atoms with van der Waals surface area (Å²) in [5.41, 5.74) is 2.26. The lowest BCUT2D eigenvalue weighted by Crippen LogP contribution is -2.38. The lowest BCUT2D eigenvalue weighted by molar-refractivity contribution is -0.121. The molecule has 152 valence electrons. The average Bonchev–Trinajstić information content (AvgIpc) is 2.78. The minimum atomic E-state index is -0.708. The average molecular weight is 405 g/mol. The number of halogens is 1. The number of aromatic nitrogens is 1. The van der Waals surface area contributed by atoms with Gasteiger partial charge < -0.3 is 15.0 Å². The Hall–Kier alpha value is -3.74. The third-order valence-electron chi connectivity index (χ3n) is 4.89. The van der Waals surface area contributed by atoms with Gasteiger partial charge in [0.1, 0.15) is 17.2 Å². The first kappa shape index (κ1) is 19.6. The van der Waals surface area contributed by atoms with Crippen LogP contribution in [0.1, 0.15) is 22.3 Å². The maximum atomic E-state index is 13.9. The van der Waals surface area contributed by atoms with Crippen LogP contribution < -0.4 is 10.2 Å². The summed E-state index contributed by atoms with van der Waals surface area (Å²) in [5, 5.41) is 2.80. The van der Waals surface area contributed by atoms with Crippen molar-refractivity contribution in [1.82, 2.24) is 4.98 Å². The number of hydrogen-bond acceptors (Lipinski definition) is 5. The first-order valence-corrected chi connectivity index (χ1v) is 9.65. The zero-order valence-electron chi connectivity index (χ0n) is 16.2. The van der Waals surface area contributed by atoms with Gasteiger partial charge in [0.05, 0.1) is 5.69 Å². The van der Waals surface area contributed by atoms with Crippen LogP contribution in [0, 0.1) is 5.82 Å². The molecule has 1 aromatic heterocycles. The van der Waals surface area contributed by atoms with E-state index in [1.165, 1.54) is 24.4 Å². The van der Waals surface area contributed by atoms with Gasteiger partial charge in [-0.2, -0.15) is 0 Å². The van der Waals surface area contributed by atoms with Crippen LogP contribution in [-0.2, 0) is 16.0 Å². The zero-order chi connectivity index (χ0) is 20.9. The van der Waals surface area contributed by atoms with Gasteiger partial charge >= 0.3 is 5.97 Å². The standard InChI is InChI=1S/C23H20FN3O3/c24-18-10-2-3-11-19(18)26-22-17(9-5-13-25-22)23(29)30-15-21(28)27-14-6-8-16-7-1-4-12-20(16)27/h1-5,7,9-13H,6,8,14-15H2,(H,25,26). The number of pyridine rings is 1. The van der Waals surface area contributed by atoms with E-state index >= 15 is 0 Å². The molecule has 30 heavy (non-hydrogen) atoms. The number of hydrogen-bond donors (Lipinski definition) is 1. The number of carbonyl (C=O) groups excluding carboxylic acids is 2. The van der Waals surface area contributed by atoms with Gasteiger partial charge in [0.25, 0.3) is 5.91 Å². The number of nitrogens with zero attached hydrogens (tertiary/aromatic N) is 2. The fourth-order valence-electron chi connectivity index (χ4n) is 3.44. The highest BCUT2D eigenvalue weighted by Crippen LogP contribution is 2.27. The number of ether oxygens (including phenoxy) is 1. The second kappa shape index (κ2) is 8.73. The van der Waals surface area contributed by atoms with Crippen molar-refractivity contribution in [2.45, 2.75) is 12.8 Å². The normalized spacial score (nSPS) is 12.8. The molecule has 0 radical (unpaired) electrons. The van der Waals surface area contributed by atoms with Crippen LogP contribution in [0.3, 0.4) is 0 Å². The molecular weight excluding hydrogens is 385 g/mol. The van der Waals surface area contributed by atoms with E-state index in [2.05, 4.69) is 10.3 Å². The Bertz CT molecular complexity index is 1090. The summed E-state index contributed by atoms with van der Waals surface area (Å²) in [4.78, 5) is 31.0. The van der Waals surface area contributed by atoms with E-state index in [0.717, 1.165) is 24.1 Å². The number of rotatable bonds is 5. The summed E-state index contributed by atoms with van der Waals surface area (Å²) in [6.07, 6.45) is 3.26. The summed E-state index contributed by atoms with van der Waals surface area (Å²) >= 11 is 0. The maximum Gasteiger partial charge on any atom is 0.342 e. The lowest BCUT2D eigenvalue weighted by Gasteiger charge is -2.29. The molecule has 0 fully saturated rings. The van der Waals surface area contributed by atoms with Gasteiger partial charge in [-0.05, 0) is 48.7 Å². The van der Waals surface area contributed by atoms with Crippen LogP contribution in [0.2, 0.25) is 0 Å². The number of fused-ring (bicyclic) bond motifs is 1. The molecule has 7 heteroatoms. The third-order valence-corrected chi connectivity index (χ3v) is 4.89. The second-order valence-corrected chi connectivity index (χ2v) is 6.86. The molecule has 0 bridgehead atoms. The van der Waals surface area contributed by atoms with Gasteiger partial charge in [0.2, 0.25) is 0 Å². The molecule has 0 atom stereocenters. The quantitative estimate of drug-likeness (QED) is 0.647. The smallest absolute Gasteiger partial charge is 0.342 e. The van der Waals surface area contributed by atoms with Crippen LogP contribution in [0.25, 0.3) is 0 Å². The maximum absolute atomic E-state index is 13.9. The Morgan fingerprint density at radius 3 is 2.73 bits per heavy atom. The Kier molecular flexibility index (Phi) is 5.70. The molecule has 0 saturated heterocycles. The predicted octanol–water partition coefficient (Wildman–Crippen LogP) is 4.10. The van der Waals surface area contributed by atoms with Gasteiger partial charge in [-0.1, -0.05) is 30.3 Å². The SMILES string of the molecule is O=C(OCC(=O)N1CCCc2ccccc21)c1cccnc1Nc1ccccc1F. The summed E-state index contributed by atoms with van der Waals surface area (Å²) in [7, 11) is 0. The molecule has 0 spiro atoms. The molecule has 3 aromatic rings. The Morgan fingerprint density at radius 2 is 1.87 bits per heavy atom. The zero-order valence-corrected chi connectivity index (χ0v) is 16.2. The number of amides is 1. The molecule has 1 aliphatic heterocycles. The van der Waals surface area contributed by atoms with Crippen LogP contribution in [0.4, 0.5) is 21.6 Å². The van der Waals surface area contributed by atoms with Crippen molar-refractivity contribution in [1.29, 1.82) is 0 Å². The van der Waals surface area contributed by atoms with Crippen LogP contribution in [-0.4, -0.2) is 30.0 Å². The van der Waals surface area contributed by atoms with Crippen molar-refractivity contribution in [3.05, 3.63) is 83.8 Å². The summed E-state index contributed by atoms with van der Waals surface area (Å²) in [5.74, 6) is -1.31. The number of nitrogens with one attached hydrogen (secondary N) is 1. The summed E-state index contributed by atoms with van der Waals surface area (Å²) in [6.45, 7) is 0.196. The highest BCUT2D eigenvalue weighted by Gasteiger charge is 2.24. The van der Waals surface area contributed by atoms with Crippen LogP contribution >= 0.6 is 0 Å². The van der Waals surface area contributed by atoms with E-state index in [1.807, 2.05) is 24.3 Å². The predicted molar refractivity (Wildman–Crippen MR) is 111 cm³/mol. The summed E-state index contributed by atoms with van der Waals surface area (Å²) < 4.78 is 19.2. The van der Waals surface area contributed by atoms with E-state index in [-0.39, 0.29) is 29.6 Å². The first-order valence-electron chi connectivity index (χ1n) is 9.65. The fourth-order valence-corrected chi connectivity index (χ4v) is 3.44. The van der Waals surface area contributed by atoms with E-state index in [1.54, 1.807) is 23.1 Å². The second-order valence-electron chi connectivity index (χ2n) is 6.86. The molecule has 6 nitrogen and oxygen atoms in total. The van der Waals surface area contributed by atoms with Gasteiger partial charge in [-0.25, -0.2) is 14.2 Å². The Morgan fingerprint density at radius 1 is 1.07 bits per heavy atom. The minimum absolute atomic E-state index is 0.118. The molecule has 2 aromatic carbocycles. The highest BCUT2D eigenvalue weighted by atomic mass is 19.1. The van der Waals surface area contributed by atoms with Crippen molar-refractivity contribution < 1.29 is 18.7 Å². The van der Waals surface area contributed by atoms with Gasteiger partial charge in [-0.15, -0.1) is 0 Å². The van der Waals surface area contributed by atoms with Crippen molar-refractivity contribution in [3.63, 3.8) is 0 Å². The number of esters is 1. The molecule has 1 N–H and O–H groups in total. The Balaban J connectivity index is 1.45. The number of benzene rings is 2. The van der Waals surface area contributed by atoms with E-state index in [0.29, 0.717) is 6.54 Å². The van der Waals surface area contributed by atoms with Crippen molar-refractivity contribution in [2.24, 2.45) is 0 Å². The molecule has 0 aliphatic carbocycles. The Labute approximate surface area is 173 Å². The van der Waals surface area contributed by atoms with Gasteiger partial charge in [0, 0.05) is 18.4 Å². The lowest BCUT2D eigenvalue weighted by atomic mass is 10.0. The van der Waals surface area contributed by atoms with E-state index in [4.69, 9.17) is 4.74 Å². The first-order chi connectivity index (χ1) is 14.6. The molecule has 1 amide bonds.